The van der Waals surface area contributed by atoms with E-state index in [1.807, 2.05) is 44.2 Å². The Morgan fingerprint density at radius 1 is 0.971 bits per heavy atom. The predicted octanol–water partition coefficient (Wildman–Crippen LogP) is 5.05. The summed E-state index contributed by atoms with van der Waals surface area (Å²) < 4.78 is 0. The molecule has 1 atom stereocenters. The highest BCUT2D eigenvalue weighted by Gasteiger charge is 2.34. The lowest BCUT2D eigenvalue weighted by Crippen LogP contribution is -2.52. The van der Waals surface area contributed by atoms with Crippen LogP contribution in [0.5, 0.6) is 0 Å². The Hall–Kier alpha value is -3.09. The lowest BCUT2D eigenvalue weighted by molar-refractivity contribution is -0.139. The van der Waals surface area contributed by atoms with Crippen molar-refractivity contribution in [3.05, 3.63) is 75.8 Å². The second kappa shape index (κ2) is 9.65. The first-order chi connectivity index (χ1) is 16.2. The second-order valence-corrected chi connectivity index (χ2v) is 9.45. The zero-order chi connectivity index (χ0) is 24.6. The lowest BCUT2D eigenvalue weighted by atomic mass is 10.1. The summed E-state index contributed by atoms with van der Waals surface area (Å²) in [7, 11) is 0. The third kappa shape index (κ3) is 4.48. The highest BCUT2D eigenvalue weighted by molar-refractivity contribution is 6.36. The molecule has 1 aliphatic rings. The standard InChI is InChI=1S/C26H25Cl2N3O3/c1-15(2)29-25(33)16(3)30(13-19-20(27)10-6-11-21(19)28)23(32)14-31-22-12-5-8-17-7-4-9-18(24(17)22)26(31)34/h4-12,15-16H,13-14H2,1-3H3,(H,29,33)/t16-/m0/s1. The number of nitrogens with one attached hydrogen (secondary N) is 1. The molecule has 3 aromatic carbocycles. The summed E-state index contributed by atoms with van der Waals surface area (Å²) in [6.07, 6.45) is 0. The van der Waals surface area contributed by atoms with Crippen LogP contribution in [0.3, 0.4) is 0 Å². The van der Waals surface area contributed by atoms with Crippen LogP contribution in [0.4, 0.5) is 5.69 Å². The van der Waals surface area contributed by atoms with Crippen LogP contribution >= 0.6 is 23.2 Å². The van der Waals surface area contributed by atoms with Crippen LogP contribution in [0.1, 0.15) is 36.7 Å². The van der Waals surface area contributed by atoms with Crippen molar-refractivity contribution in [1.29, 1.82) is 0 Å². The van der Waals surface area contributed by atoms with Gasteiger partial charge in [0, 0.05) is 39.1 Å². The van der Waals surface area contributed by atoms with E-state index in [4.69, 9.17) is 23.2 Å². The van der Waals surface area contributed by atoms with Gasteiger partial charge in [-0.15, -0.1) is 0 Å². The number of carbonyl (C=O) groups excluding carboxylic acids is 3. The van der Waals surface area contributed by atoms with E-state index in [1.165, 1.54) is 9.80 Å². The smallest absolute Gasteiger partial charge is 0.259 e. The maximum absolute atomic E-state index is 13.6. The first-order valence-electron chi connectivity index (χ1n) is 11.1. The Labute approximate surface area is 208 Å². The zero-order valence-electron chi connectivity index (χ0n) is 19.1. The van der Waals surface area contributed by atoms with Crippen molar-refractivity contribution in [3.63, 3.8) is 0 Å². The summed E-state index contributed by atoms with van der Waals surface area (Å²) in [6.45, 7) is 5.17. The van der Waals surface area contributed by atoms with Crippen LogP contribution in [0.15, 0.2) is 54.6 Å². The van der Waals surface area contributed by atoms with Crippen molar-refractivity contribution in [1.82, 2.24) is 10.2 Å². The van der Waals surface area contributed by atoms with E-state index in [-0.39, 0.29) is 36.9 Å². The summed E-state index contributed by atoms with van der Waals surface area (Å²) in [5, 5.41) is 5.41. The number of halogens is 2. The van der Waals surface area contributed by atoms with Crippen LogP contribution in [0, 0.1) is 0 Å². The fourth-order valence-corrected chi connectivity index (χ4v) is 4.72. The molecule has 0 saturated carbocycles. The van der Waals surface area contributed by atoms with E-state index < -0.39 is 6.04 Å². The SMILES string of the molecule is CC(C)NC(=O)[C@H](C)N(Cc1c(Cl)cccc1Cl)C(=O)CN1C(=O)c2cccc3cccc1c23. The summed E-state index contributed by atoms with van der Waals surface area (Å²) in [6, 6.07) is 15.3. The quantitative estimate of drug-likeness (QED) is 0.496. The highest BCUT2D eigenvalue weighted by Crippen LogP contribution is 2.37. The minimum absolute atomic E-state index is 0.0310. The third-order valence-corrected chi connectivity index (χ3v) is 6.64. The van der Waals surface area contributed by atoms with Gasteiger partial charge in [-0.2, -0.15) is 0 Å². The monoisotopic (exact) mass is 497 g/mol. The van der Waals surface area contributed by atoms with Gasteiger partial charge < -0.3 is 10.2 Å². The second-order valence-electron chi connectivity index (χ2n) is 8.63. The molecule has 3 aromatic rings. The van der Waals surface area contributed by atoms with Gasteiger partial charge in [0.25, 0.3) is 5.91 Å². The molecule has 8 heteroatoms. The number of hydrogen-bond acceptors (Lipinski definition) is 3. The Morgan fingerprint density at radius 2 is 1.59 bits per heavy atom. The van der Waals surface area contributed by atoms with E-state index in [0.717, 1.165) is 10.8 Å². The van der Waals surface area contributed by atoms with E-state index >= 15 is 0 Å². The molecule has 0 fully saturated rings. The number of amides is 3. The van der Waals surface area contributed by atoms with E-state index in [2.05, 4.69) is 5.32 Å². The van der Waals surface area contributed by atoms with Gasteiger partial charge >= 0.3 is 0 Å². The van der Waals surface area contributed by atoms with E-state index in [1.54, 1.807) is 31.2 Å². The molecule has 0 bridgehead atoms. The first kappa shape index (κ1) is 24.0. The van der Waals surface area contributed by atoms with Gasteiger partial charge in [0.2, 0.25) is 11.8 Å². The molecular formula is C26H25Cl2N3O3. The molecule has 1 N–H and O–H groups in total. The normalized spacial score (nSPS) is 13.5. The maximum atomic E-state index is 13.6. The molecule has 6 nitrogen and oxygen atoms in total. The summed E-state index contributed by atoms with van der Waals surface area (Å²) in [5.41, 5.74) is 1.79. The summed E-state index contributed by atoms with van der Waals surface area (Å²) in [5.74, 6) is -0.930. The number of anilines is 1. The van der Waals surface area contributed by atoms with Crippen LogP contribution in [0.25, 0.3) is 10.8 Å². The van der Waals surface area contributed by atoms with Crippen LogP contribution in [0.2, 0.25) is 10.0 Å². The number of hydrogen-bond donors (Lipinski definition) is 1. The van der Waals surface area contributed by atoms with E-state index in [9.17, 15) is 14.4 Å². The lowest BCUT2D eigenvalue weighted by Gasteiger charge is -2.31. The summed E-state index contributed by atoms with van der Waals surface area (Å²) >= 11 is 12.7. The number of carbonyl (C=O) groups is 3. The molecule has 0 aliphatic carbocycles. The number of benzene rings is 3. The van der Waals surface area contributed by atoms with Crippen molar-refractivity contribution < 1.29 is 14.4 Å². The molecule has 0 aromatic heterocycles. The first-order valence-corrected chi connectivity index (χ1v) is 11.8. The minimum Gasteiger partial charge on any atom is -0.352 e. The van der Waals surface area contributed by atoms with Crippen LogP contribution in [-0.2, 0) is 16.1 Å². The molecule has 3 amide bonds. The van der Waals surface area contributed by atoms with Crippen molar-refractivity contribution in [2.24, 2.45) is 0 Å². The van der Waals surface area contributed by atoms with Crippen molar-refractivity contribution in [2.75, 3.05) is 11.4 Å². The fourth-order valence-electron chi connectivity index (χ4n) is 4.20. The van der Waals surface area contributed by atoms with Gasteiger partial charge in [-0.25, -0.2) is 0 Å². The molecule has 4 rings (SSSR count). The number of rotatable bonds is 7. The molecular weight excluding hydrogens is 473 g/mol. The van der Waals surface area contributed by atoms with Gasteiger partial charge in [0.15, 0.2) is 0 Å². The van der Waals surface area contributed by atoms with Gasteiger partial charge in [-0.3, -0.25) is 19.3 Å². The predicted molar refractivity (Wildman–Crippen MR) is 135 cm³/mol. The minimum atomic E-state index is -0.807. The molecule has 0 spiro atoms. The zero-order valence-corrected chi connectivity index (χ0v) is 20.7. The largest absolute Gasteiger partial charge is 0.352 e. The van der Waals surface area contributed by atoms with Crippen LogP contribution in [-0.4, -0.2) is 41.2 Å². The topological polar surface area (TPSA) is 69.7 Å². The summed E-state index contributed by atoms with van der Waals surface area (Å²) in [4.78, 5) is 42.6. The molecule has 1 heterocycles. The Kier molecular flexibility index (Phi) is 6.82. The Morgan fingerprint density at radius 3 is 2.24 bits per heavy atom. The molecule has 0 radical (unpaired) electrons. The molecule has 1 aliphatic heterocycles. The van der Waals surface area contributed by atoms with Crippen molar-refractivity contribution in [2.45, 2.75) is 39.4 Å². The van der Waals surface area contributed by atoms with Gasteiger partial charge in [0.1, 0.15) is 12.6 Å². The molecule has 0 saturated heterocycles. The average Bonchev–Trinajstić information content (AvgIpc) is 3.06. The van der Waals surface area contributed by atoms with Gasteiger partial charge in [-0.05, 0) is 50.4 Å². The maximum Gasteiger partial charge on any atom is 0.259 e. The highest BCUT2D eigenvalue weighted by atomic mass is 35.5. The Balaban J connectivity index is 1.66. The third-order valence-electron chi connectivity index (χ3n) is 5.93. The van der Waals surface area contributed by atoms with E-state index in [0.29, 0.717) is 26.9 Å². The molecule has 0 unspecified atom stereocenters. The van der Waals surface area contributed by atoms with Crippen molar-refractivity contribution >= 4 is 57.4 Å². The molecule has 34 heavy (non-hydrogen) atoms. The number of nitrogens with zero attached hydrogens (tertiary/aromatic N) is 2. The van der Waals surface area contributed by atoms with Crippen LogP contribution < -0.4 is 10.2 Å². The van der Waals surface area contributed by atoms with Gasteiger partial charge in [0.05, 0.1) is 5.69 Å². The average molecular weight is 498 g/mol. The molecule has 176 valence electrons. The Bertz CT molecular complexity index is 1270. The van der Waals surface area contributed by atoms with Gasteiger partial charge in [-0.1, -0.05) is 53.5 Å². The van der Waals surface area contributed by atoms with Crippen molar-refractivity contribution in [3.8, 4) is 0 Å². The fraction of sp³-hybridized carbons (Fsp3) is 0.269.